The molecule has 5 rings (SSSR count). The smallest absolute Gasteiger partial charge is 0.170 e. The quantitative estimate of drug-likeness (QED) is 0.197. The first-order valence-corrected chi connectivity index (χ1v) is 12.5. The lowest BCUT2D eigenvalue weighted by atomic mass is 10.0. The van der Waals surface area contributed by atoms with Crippen LogP contribution in [0.4, 0.5) is 5.69 Å². The largest absolute Gasteiger partial charge is 0.459 e. The highest BCUT2D eigenvalue weighted by Crippen LogP contribution is 2.40. The first-order valence-electron chi connectivity index (χ1n) is 11.3. The molecule has 0 amide bonds. The monoisotopic (exact) mass is 532 g/mol. The van der Waals surface area contributed by atoms with E-state index in [1.54, 1.807) is 0 Å². The number of halogens is 1. The molecule has 0 unspecified atom stereocenters. The highest BCUT2D eigenvalue weighted by Gasteiger charge is 2.41. The number of hydrogen-bond acceptors (Lipinski definition) is 4. The summed E-state index contributed by atoms with van der Waals surface area (Å²) in [5.74, 6) is 1.71. The van der Waals surface area contributed by atoms with Crippen molar-refractivity contribution in [3.8, 4) is 11.3 Å². The van der Waals surface area contributed by atoms with Crippen molar-refractivity contribution in [2.45, 2.75) is 18.5 Å². The molecule has 0 saturated carbocycles. The Morgan fingerprint density at radius 3 is 2.53 bits per heavy atom. The van der Waals surface area contributed by atoms with Crippen molar-refractivity contribution in [3.63, 3.8) is 0 Å². The van der Waals surface area contributed by atoms with E-state index in [0.29, 0.717) is 0 Å². The number of rotatable bonds is 8. The maximum atomic E-state index is 6.40. The molecule has 0 spiro atoms. The molecule has 5 nitrogen and oxygen atoms in total. The Kier molecular flexibility index (Phi) is 6.92. The van der Waals surface area contributed by atoms with Crippen molar-refractivity contribution >= 4 is 38.9 Å². The molecule has 2 N–H and O–H groups in total. The molecule has 7 heteroatoms. The van der Waals surface area contributed by atoms with Gasteiger partial charge in [0.1, 0.15) is 17.6 Å². The zero-order chi connectivity index (χ0) is 23.3. The summed E-state index contributed by atoms with van der Waals surface area (Å²) >= 11 is 9.27. The Hall–Kier alpha value is -3.16. The third kappa shape index (κ3) is 5.00. The minimum Gasteiger partial charge on any atom is -0.459 e. The van der Waals surface area contributed by atoms with Gasteiger partial charge in [-0.3, -0.25) is 4.98 Å². The molecule has 1 aliphatic rings. The van der Waals surface area contributed by atoms with E-state index >= 15 is 0 Å². The molecule has 1 fully saturated rings. The maximum Gasteiger partial charge on any atom is 0.170 e. The van der Waals surface area contributed by atoms with Crippen molar-refractivity contribution in [2.75, 3.05) is 18.4 Å². The Morgan fingerprint density at radius 1 is 0.971 bits per heavy atom. The summed E-state index contributed by atoms with van der Waals surface area (Å²) in [7, 11) is 0. The van der Waals surface area contributed by atoms with E-state index < -0.39 is 0 Å². The van der Waals surface area contributed by atoms with E-state index in [0.717, 1.165) is 57.6 Å². The van der Waals surface area contributed by atoms with Gasteiger partial charge in [-0.15, -0.1) is 0 Å². The molecule has 3 heterocycles. The van der Waals surface area contributed by atoms with Crippen molar-refractivity contribution in [1.29, 1.82) is 0 Å². The lowest BCUT2D eigenvalue weighted by Crippen LogP contribution is -2.31. The van der Waals surface area contributed by atoms with Crippen LogP contribution in [0.3, 0.4) is 0 Å². The van der Waals surface area contributed by atoms with Crippen LogP contribution in [0.25, 0.3) is 11.3 Å². The molecule has 0 bridgehead atoms. The Labute approximate surface area is 213 Å². The number of para-hydroxylation sites is 1. The number of thiocarbonyl (C=S) groups is 1. The van der Waals surface area contributed by atoms with Gasteiger partial charge in [0.15, 0.2) is 5.11 Å². The molecule has 4 aromatic rings. The predicted molar refractivity (Wildman–Crippen MR) is 144 cm³/mol. The summed E-state index contributed by atoms with van der Waals surface area (Å²) in [6, 6.07) is 28.3. The lowest BCUT2D eigenvalue weighted by Gasteiger charge is -2.26. The van der Waals surface area contributed by atoms with Crippen molar-refractivity contribution in [1.82, 2.24) is 15.2 Å². The van der Waals surface area contributed by atoms with Gasteiger partial charge in [-0.05, 0) is 67.2 Å². The van der Waals surface area contributed by atoms with Crippen LogP contribution >= 0.6 is 28.1 Å². The summed E-state index contributed by atoms with van der Waals surface area (Å²) in [4.78, 5) is 6.84. The molecule has 0 radical (unpaired) electrons. The van der Waals surface area contributed by atoms with Crippen LogP contribution in [0.2, 0.25) is 0 Å². The third-order valence-electron chi connectivity index (χ3n) is 5.92. The van der Waals surface area contributed by atoms with Gasteiger partial charge >= 0.3 is 0 Å². The molecular formula is C27H25BrN4OS. The van der Waals surface area contributed by atoms with Crippen LogP contribution in [0, 0.1) is 0 Å². The van der Waals surface area contributed by atoms with Crippen LogP contribution in [0.15, 0.2) is 100 Å². The molecule has 2 aromatic carbocycles. The molecule has 1 saturated heterocycles. The summed E-state index contributed by atoms with van der Waals surface area (Å²) in [6.07, 6.45) is 2.75. The summed E-state index contributed by atoms with van der Waals surface area (Å²) in [6.45, 7) is 1.65. The predicted octanol–water partition coefficient (Wildman–Crippen LogP) is 6.58. The number of nitrogens with zero attached hydrogens (tertiary/aromatic N) is 2. The van der Waals surface area contributed by atoms with Gasteiger partial charge in [-0.25, -0.2) is 0 Å². The highest BCUT2D eigenvalue weighted by molar-refractivity contribution is 9.10. The number of pyridine rings is 1. The van der Waals surface area contributed by atoms with E-state index in [1.165, 1.54) is 0 Å². The number of furan rings is 1. The number of anilines is 1. The van der Waals surface area contributed by atoms with Gasteiger partial charge in [-0.2, -0.15) is 0 Å². The molecule has 2 aromatic heterocycles. The van der Waals surface area contributed by atoms with E-state index in [-0.39, 0.29) is 12.1 Å². The SMILES string of the molecule is S=C1N[C@H](c2ccccn2)[C@H](c2ccc(-c3ccc(Br)cc3)o2)N1CCCNc1ccccc1. The number of benzene rings is 2. The molecule has 0 aliphatic carbocycles. The second-order valence-electron chi connectivity index (χ2n) is 8.18. The van der Waals surface area contributed by atoms with Crippen LogP contribution in [-0.2, 0) is 0 Å². The fourth-order valence-corrected chi connectivity index (χ4v) is 4.87. The second-order valence-corrected chi connectivity index (χ2v) is 9.48. The van der Waals surface area contributed by atoms with Crippen LogP contribution in [0.1, 0.15) is 30.0 Å². The Bertz CT molecular complexity index is 1230. The highest BCUT2D eigenvalue weighted by atomic mass is 79.9. The van der Waals surface area contributed by atoms with Crippen LogP contribution < -0.4 is 10.6 Å². The molecule has 34 heavy (non-hydrogen) atoms. The fraction of sp³-hybridized carbons (Fsp3) is 0.185. The summed E-state index contributed by atoms with van der Waals surface area (Å²) < 4.78 is 7.44. The normalized spacial score (nSPS) is 17.6. The van der Waals surface area contributed by atoms with Gasteiger partial charge in [0, 0.05) is 35.0 Å². The first kappa shape index (κ1) is 22.6. The number of nitrogens with one attached hydrogen (secondary N) is 2. The Balaban J connectivity index is 1.37. The van der Waals surface area contributed by atoms with Gasteiger partial charge in [0.2, 0.25) is 0 Å². The summed E-state index contributed by atoms with van der Waals surface area (Å²) in [5, 5.41) is 7.70. The van der Waals surface area contributed by atoms with Crippen molar-refractivity contribution < 1.29 is 4.42 Å². The van der Waals surface area contributed by atoms with E-state index in [4.69, 9.17) is 16.6 Å². The van der Waals surface area contributed by atoms with E-state index in [2.05, 4.69) is 54.6 Å². The van der Waals surface area contributed by atoms with E-state index in [9.17, 15) is 0 Å². The minimum atomic E-state index is -0.0836. The van der Waals surface area contributed by atoms with Gasteiger partial charge in [0.25, 0.3) is 0 Å². The fourth-order valence-electron chi connectivity index (χ4n) is 4.27. The Morgan fingerprint density at radius 2 is 1.76 bits per heavy atom. The average Bonchev–Trinajstić information content (AvgIpc) is 3.48. The maximum absolute atomic E-state index is 6.40. The van der Waals surface area contributed by atoms with Gasteiger partial charge < -0.3 is 20.0 Å². The molecule has 1 aliphatic heterocycles. The minimum absolute atomic E-state index is 0.0803. The standard InChI is InChI=1S/C27H25BrN4OS/c28-20-12-10-19(11-13-20)23-14-15-24(33-23)26-25(22-9-4-5-16-30-22)31-27(34)32(26)18-6-17-29-21-7-2-1-3-8-21/h1-5,7-16,25-26,29H,6,17-18H2,(H,31,34)/t25-,26+/m1/s1. The lowest BCUT2D eigenvalue weighted by molar-refractivity contribution is 0.274. The molecule has 2 atom stereocenters. The van der Waals surface area contributed by atoms with Crippen LogP contribution in [0.5, 0.6) is 0 Å². The third-order valence-corrected chi connectivity index (χ3v) is 6.80. The zero-order valence-corrected chi connectivity index (χ0v) is 20.9. The zero-order valence-electron chi connectivity index (χ0n) is 18.5. The van der Waals surface area contributed by atoms with Gasteiger partial charge in [0.05, 0.1) is 11.7 Å². The molecule has 172 valence electrons. The number of aromatic nitrogens is 1. The van der Waals surface area contributed by atoms with Crippen molar-refractivity contribution in [2.24, 2.45) is 0 Å². The first-order chi connectivity index (χ1) is 16.7. The van der Waals surface area contributed by atoms with Gasteiger partial charge in [-0.1, -0.05) is 52.3 Å². The topological polar surface area (TPSA) is 53.3 Å². The second kappa shape index (κ2) is 10.4. The van der Waals surface area contributed by atoms with Crippen molar-refractivity contribution in [3.05, 3.63) is 107 Å². The molecular weight excluding hydrogens is 508 g/mol. The number of hydrogen-bond donors (Lipinski definition) is 2. The van der Waals surface area contributed by atoms with Crippen LogP contribution in [-0.4, -0.2) is 28.1 Å². The summed E-state index contributed by atoms with van der Waals surface area (Å²) in [5.41, 5.74) is 3.11. The van der Waals surface area contributed by atoms with E-state index in [1.807, 2.05) is 72.9 Å². The average molecular weight is 533 g/mol.